The van der Waals surface area contributed by atoms with Gasteiger partial charge in [0, 0.05) is 50.2 Å². The van der Waals surface area contributed by atoms with Gasteiger partial charge in [0.2, 0.25) is 5.91 Å². The van der Waals surface area contributed by atoms with Crippen molar-refractivity contribution in [2.24, 2.45) is 0 Å². The predicted octanol–water partition coefficient (Wildman–Crippen LogP) is 3.07. The van der Waals surface area contributed by atoms with E-state index >= 15 is 0 Å². The number of nitrogens with zero attached hydrogens (tertiary/aromatic N) is 5. The third-order valence-corrected chi connectivity index (χ3v) is 6.25. The van der Waals surface area contributed by atoms with E-state index in [1.54, 1.807) is 47.4 Å². The number of piperidine rings is 1. The molecule has 33 heavy (non-hydrogen) atoms. The van der Waals surface area contributed by atoms with Crippen molar-refractivity contribution in [3.05, 3.63) is 76.9 Å². The summed E-state index contributed by atoms with van der Waals surface area (Å²) in [6, 6.07) is 3.97. The van der Waals surface area contributed by atoms with Crippen LogP contribution in [0.3, 0.4) is 0 Å². The Labute approximate surface area is 194 Å². The highest BCUT2D eigenvalue weighted by Gasteiger charge is 2.46. The monoisotopic (exact) mass is 476 g/mol. The third kappa shape index (κ3) is 5.28. The van der Waals surface area contributed by atoms with Crippen molar-refractivity contribution < 1.29 is 18.3 Å². The lowest BCUT2D eigenvalue weighted by Gasteiger charge is -2.40. The third-order valence-electron chi connectivity index (χ3n) is 5.91. The Bertz CT molecular complexity index is 1120. The fourth-order valence-corrected chi connectivity index (χ4v) is 4.10. The second kappa shape index (κ2) is 9.40. The van der Waals surface area contributed by atoms with Crippen LogP contribution in [0.25, 0.3) is 0 Å². The van der Waals surface area contributed by atoms with Gasteiger partial charge < -0.3 is 15.1 Å². The first-order valence-corrected chi connectivity index (χ1v) is 10.8. The number of alkyl halides is 2. The summed E-state index contributed by atoms with van der Waals surface area (Å²) in [5.41, 5.74) is 1.23. The number of anilines is 1. The molecule has 1 saturated heterocycles. The quantitative estimate of drug-likeness (QED) is 0.436. The van der Waals surface area contributed by atoms with Gasteiger partial charge in [-0.2, -0.15) is 4.73 Å². The number of halogens is 3. The van der Waals surface area contributed by atoms with Crippen LogP contribution in [0.15, 0.2) is 55.5 Å². The molecule has 0 aromatic carbocycles. The maximum absolute atomic E-state index is 14.6. The molecule has 4 rings (SSSR count). The summed E-state index contributed by atoms with van der Waals surface area (Å²) in [5, 5.41) is 14.6. The van der Waals surface area contributed by atoms with Crippen molar-refractivity contribution in [1.29, 1.82) is 0 Å². The van der Waals surface area contributed by atoms with Crippen LogP contribution in [-0.4, -0.2) is 50.4 Å². The molecule has 2 atom stereocenters. The highest BCUT2D eigenvalue weighted by molar-refractivity contribution is 6.31. The molecule has 0 saturated carbocycles. The van der Waals surface area contributed by atoms with Gasteiger partial charge in [0.05, 0.1) is 29.9 Å². The zero-order valence-corrected chi connectivity index (χ0v) is 18.6. The van der Waals surface area contributed by atoms with Crippen LogP contribution in [0.2, 0.25) is 5.02 Å². The molecule has 0 radical (unpaired) electrons. The van der Waals surface area contributed by atoms with Gasteiger partial charge in [-0.3, -0.25) is 14.7 Å². The minimum absolute atomic E-state index is 0.000556. The van der Waals surface area contributed by atoms with Crippen molar-refractivity contribution in [2.75, 3.05) is 18.4 Å². The second-order valence-electron chi connectivity index (χ2n) is 8.11. The van der Waals surface area contributed by atoms with Gasteiger partial charge in [0.1, 0.15) is 0 Å². The molecule has 4 heterocycles. The van der Waals surface area contributed by atoms with E-state index in [1.807, 2.05) is 0 Å². The summed E-state index contributed by atoms with van der Waals surface area (Å²) >= 11 is 6.14. The minimum Gasteiger partial charge on any atom is -0.619 e. The lowest BCUT2D eigenvalue weighted by Crippen LogP contribution is -2.52. The zero-order chi connectivity index (χ0) is 23.6. The van der Waals surface area contributed by atoms with E-state index in [0.717, 1.165) is 5.56 Å². The number of imidazole rings is 1. The van der Waals surface area contributed by atoms with E-state index in [9.17, 15) is 18.8 Å². The fraction of sp³-hybridized carbons (Fsp3) is 0.364. The Morgan fingerprint density at radius 2 is 2.15 bits per heavy atom. The van der Waals surface area contributed by atoms with E-state index in [0.29, 0.717) is 27.7 Å². The standard InChI is InChI=1S/C22H23ClF2N6O2/c1-15(30-9-5-22(24,25)18(12-30)16-3-7-31(33)8-4-16)21(32)28-20-13-29(14-27-20)11-17-2-6-26-10-19(17)23/h2-4,6-8,10,13-15,18H,5,9,11-12H2,1H3,(H,28,32)/t15-,18?/m0/s1. The Kier molecular flexibility index (Phi) is 6.57. The molecule has 0 spiro atoms. The number of likely N-dealkylation sites (tertiary alicyclic amines) is 1. The van der Waals surface area contributed by atoms with Crippen LogP contribution in [0, 0.1) is 5.21 Å². The average molecular weight is 477 g/mol. The molecule has 1 aliphatic heterocycles. The van der Waals surface area contributed by atoms with E-state index in [1.165, 1.54) is 24.5 Å². The molecule has 1 fully saturated rings. The Morgan fingerprint density at radius 3 is 2.88 bits per heavy atom. The number of carbonyl (C=O) groups excluding carboxylic acids is 1. The molecule has 1 N–H and O–H groups in total. The summed E-state index contributed by atoms with van der Waals surface area (Å²) in [5.74, 6) is -4.00. The van der Waals surface area contributed by atoms with Gasteiger partial charge in [-0.15, -0.1) is 0 Å². The highest BCUT2D eigenvalue weighted by atomic mass is 35.5. The number of carbonyl (C=O) groups is 1. The molecule has 3 aromatic heterocycles. The van der Waals surface area contributed by atoms with Crippen LogP contribution in [0.4, 0.5) is 14.6 Å². The predicted molar refractivity (Wildman–Crippen MR) is 118 cm³/mol. The van der Waals surface area contributed by atoms with Gasteiger partial charge in [-0.25, -0.2) is 13.8 Å². The van der Waals surface area contributed by atoms with Crippen molar-refractivity contribution in [2.45, 2.75) is 37.8 Å². The molecule has 8 nitrogen and oxygen atoms in total. The van der Waals surface area contributed by atoms with Crippen molar-refractivity contribution in [1.82, 2.24) is 19.4 Å². The molecule has 0 aliphatic carbocycles. The number of nitrogens with one attached hydrogen (secondary N) is 1. The van der Waals surface area contributed by atoms with E-state index < -0.39 is 17.9 Å². The van der Waals surface area contributed by atoms with E-state index in [4.69, 9.17) is 11.6 Å². The first-order chi connectivity index (χ1) is 15.7. The van der Waals surface area contributed by atoms with Gasteiger partial charge in [0.25, 0.3) is 5.92 Å². The number of amides is 1. The van der Waals surface area contributed by atoms with E-state index in [-0.39, 0.29) is 25.4 Å². The minimum atomic E-state index is -2.92. The summed E-state index contributed by atoms with van der Waals surface area (Å²) in [6.45, 7) is 2.23. The highest BCUT2D eigenvalue weighted by Crippen LogP contribution is 2.40. The van der Waals surface area contributed by atoms with Crippen LogP contribution >= 0.6 is 11.6 Å². The second-order valence-corrected chi connectivity index (χ2v) is 8.52. The zero-order valence-electron chi connectivity index (χ0n) is 17.9. The van der Waals surface area contributed by atoms with Crippen LogP contribution in [-0.2, 0) is 11.3 Å². The average Bonchev–Trinajstić information content (AvgIpc) is 3.22. The first-order valence-electron chi connectivity index (χ1n) is 10.4. The van der Waals surface area contributed by atoms with Crippen LogP contribution < -0.4 is 10.0 Å². The lowest BCUT2D eigenvalue weighted by atomic mass is 9.87. The molecule has 11 heteroatoms. The Balaban J connectivity index is 1.40. The molecular formula is C22H23ClF2N6O2. The largest absolute Gasteiger partial charge is 0.619 e. The number of aromatic nitrogens is 4. The summed E-state index contributed by atoms with van der Waals surface area (Å²) < 4.78 is 31.6. The van der Waals surface area contributed by atoms with Crippen molar-refractivity contribution in [3.63, 3.8) is 0 Å². The van der Waals surface area contributed by atoms with Gasteiger partial charge in [-0.05, 0) is 24.1 Å². The summed E-state index contributed by atoms with van der Waals surface area (Å²) in [4.78, 5) is 22.7. The maximum Gasteiger partial charge on any atom is 0.257 e. The fourth-order valence-electron chi connectivity index (χ4n) is 3.92. The Morgan fingerprint density at radius 1 is 1.39 bits per heavy atom. The number of hydrogen-bond acceptors (Lipinski definition) is 5. The Hall–Kier alpha value is -3.11. The molecule has 1 unspecified atom stereocenters. The number of pyridine rings is 2. The van der Waals surface area contributed by atoms with Crippen LogP contribution in [0.1, 0.15) is 30.4 Å². The smallest absolute Gasteiger partial charge is 0.257 e. The molecule has 174 valence electrons. The normalized spacial score (nSPS) is 19.2. The van der Waals surface area contributed by atoms with Crippen molar-refractivity contribution in [3.8, 4) is 0 Å². The number of hydrogen-bond donors (Lipinski definition) is 1. The van der Waals surface area contributed by atoms with Crippen LogP contribution in [0.5, 0.6) is 0 Å². The first kappa shape index (κ1) is 23.1. The molecule has 0 bridgehead atoms. The van der Waals surface area contributed by atoms with Gasteiger partial charge in [-0.1, -0.05) is 11.6 Å². The molecule has 1 aliphatic rings. The molecule has 3 aromatic rings. The SMILES string of the molecule is C[C@@H](C(=O)Nc1cn(Cc2ccncc2Cl)cn1)N1CCC(F)(F)C(c2cc[n+]([O-])cc2)C1. The number of rotatable bonds is 6. The van der Waals surface area contributed by atoms with Gasteiger partial charge >= 0.3 is 0 Å². The molecule has 1 amide bonds. The lowest BCUT2D eigenvalue weighted by molar-refractivity contribution is -0.605. The summed E-state index contributed by atoms with van der Waals surface area (Å²) in [6.07, 6.45) is 8.49. The van der Waals surface area contributed by atoms with Crippen molar-refractivity contribution >= 4 is 23.3 Å². The topological polar surface area (TPSA) is 90.0 Å². The van der Waals surface area contributed by atoms with Gasteiger partial charge in [0.15, 0.2) is 18.2 Å². The molecular weight excluding hydrogens is 454 g/mol. The van der Waals surface area contributed by atoms with E-state index in [2.05, 4.69) is 15.3 Å². The summed E-state index contributed by atoms with van der Waals surface area (Å²) in [7, 11) is 0. The maximum atomic E-state index is 14.6.